The van der Waals surface area contributed by atoms with Gasteiger partial charge in [0.2, 0.25) is 0 Å². The Hall–Kier alpha value is -0.970. The summed E-state index contributed by atoms with van der Waals surface area (Å²) in [5.74, 6) is 0.734. The lowest BCUT2D eigenvalue weighted by atomic mass is 9.93. The molecule has 0 saturated carbocycles. The van der Waals surface area contributed by atoms with Gasteiger partial charge < -0.3 is 15.4 Å². The standard InChI is InChI=1S/C15H21ClN2O2.ClH/c1-15(2,8-17)9-18(3)14(19)13-7-10-6-11(16)4-5-12(10)20-13;/h4-6,13H,7-9,17H2,1-3H3;1H. The summed E-state index contributed by atoms with van der Waals surface area (Å²) < 4.78 is 5.71. The largest absolute Gasteiger partial charge is 0.480 e. The number of amides is 1. The van der Waals surface area contributed by atoms with Crippen LogP contribution < -0.4 is 10.5 Å². The third-order valence-corrected chi connectivity index (χ3v) is 3.80. The molecular weight excluding hydrogens is 311 g/mol. The second kappa shape index (κ2) is 6.86. The number of benzene rings is 1. The van der Waals surface area contributed by atoms with Crippen molar-refractivity contribution < 1.29 is 9.53 Å². The number of nitrogens with two attached hydrogens (primary N) is 1. The molecule has 1 amide bonds. The third kappa shape index (κ3) is 4.25. The predicted octanol–water partition coefficient (Wildman–Crippen LogP) is 2.51. The van der Waals surface area contributed by atoms with E-state index in [9.17, 15) is 4.79 Å². The van der Waals surface area contributed by atoms with E-state index in [2.05, 4.69) is 0 Å². The Morgan fingerprint density at radius 2 is 2.19 bits per heavy atom. The van der Waals surface area contributed by atoms with Crippen molar-refractivity contribution >= 4 is 29.9 Å². The van der Waals surface area contributed by atoms with Crippen LogP contribution in [0.1, 0.15) is 19.4 Å². The van der Waals surface area contributed by atoms with Crippen molar-refractivity contribution in [1.82, 2.24) is 4.90 Å². The number of rotatable bonds is 4. The lowest BCUT2D eigenvalue weighted by molar-refractivity contribution is -0.137. The molecule has 118 valence electrons. The molecule has 1 atom stereocenters. The fourth-order valence-corrected chi connectivity index (χ4v) is 2.58. The number of hydrogen-bond acceptors (Lipinski definition) is 3. The zero-order valence-corrected chi connectivity index (χ0v) is 14.1. The second-order valence-corrected chi connectivity index (χ2v) is 6.56. The fraction of sp³-hybridized carbons (Fsp3) is 0.533. The molecule has 1 aromatic rings. The minimum absolute atomic E-state index is 0. The van der Waals surface area contributed by atoms with E-state index >= 15 is 0 Å². The van der Waals surface area contributed by atoms with Gasteiger partial charge in [0, 0.05) is 25.0 Å². The van der Waals surface area contributed by atoms with E-state index in [1.54, 1.807) is 18.0 Å². The Labute approximate surface area is 137 Å². The second-order valence-electron chi connectivity index (χ2n) is 6.13. The monoisotopic (exact) mass is 332 g/mol. The molecule has 0 radical (unpaired) electrons. The molecule has 0 aliphatic carbocycles. The van der Waals surface area contributed by atoms with Crippen molar-refractivity contribution in [3.8, 4) is 5.75 Å². The Morgan fingerprint density at radius 1 is 1.52 bits per heavy atom. The molecule has 2 N–H and O–H groups in total. The number of hydrogen-bond donors (Lipinski definition) is 1. The van der Waals surface area contributed by atoms with Gasteiger partial charge in [0.1, 0.15) is 5.75 Å². The van der Waals surface area contributed by atoms with E-state index in [0.717, 1.165) is 11.3 Å². The first-order valence-electron chi connectivity index (χ1n) is 6.72. The molecule has 2 rings (SSSR count). The number of likely N-dealkylation sites (N-methyl/N-ethyl adjacent to an activating group) is 1. The van der Waals surface area contributed by atoms with E-state index in [1.807, 2.05) is 26.0 Å². The lowest BCUT2D eigenvalue weighted by Crippen LogP contribution is -2.45. The minimum Gasteiger partial charge on any atom is -0.480 e. The first-order chi connectivity index (χ1) is 9.32. The van der Waals surface area contributed by atoms with Gasteiger partial charge in [-0.2, -0.15) is 0 Å². The van der Waals surface area contributed by atoms with Crippen LogP contribution in [0.3, 0.4) is 0 Å². The maximum Gasteiger partial charge on any atom is 0.263 e. The van der Waals surface area contributed by atoms with Crippen LogP contribution >= 0.6 is 24.0 Å². The Bertz CT molecular complexity index is 520. The molecule has 6 heteroatoms. The maximum absolute atomic E-state index is 12.4. The number of nitrogens with zero attached hydrogens (tertiary/aromatic N) is 1. The SMILES string of the molecule is CN(CC(C)(C)CN)C(=O)C1Cc2cc(Cl)ccc2O1.Cl. The highest BCUT2D eigenvalue weighted by Crippen LogP contribution is 2.31. The van der Waals surface area contributed by atoms with E-state index < -0.39 is 6.10 Å². The van der Waals surface area contributed by atoms with Gasteiger partial charge >= 0.3 is 0 Å². The molecule has 21 heavy (non-hydrogen) atoms. The van der Waals surface area contributed by atoms with Gasteiger partial charge in [-0.15, -0.1) is 12.4 Å². The Kier molecular flexibility index (Phi) is 5.91. The predicted molar refractivity (Wildman–Crippen MR) is 87.3 cm³/mol. The highest BCUT2D eigenvalue weighted by Gasteiger charge is 2.33. The normalized spacial score (nSPS) is 16.7. The summed E-state index contributed by atoms with van der Waals surface area (Å²) in [7, 11) is 1.79. The van der Waals surface area contributed by atoms with Crippen LogP contribution in [-0.4, -0.2) is 37.0 Å². The summed E-state index contributed by atoms with van der Waals surface area (Å²) in [6.07, 6.45) is 0.115. The number of carbonyl (C=O) groups excluding carboxylic acids is 1. The highest BCUT2D eigenvalue weighted by molar-refractivity contribution is 6.30. The van der Waals surface area contributed by atoms with Gasteiger partial charge in [-0.25, -0.2) is 0 Å². The molecule has 0 spiro atoms. The number of fused-ring (bicyclic) bond motifs is 1. The van der Waals surface area contributed by atoms with Crippen LogP contribution in [-0.2, 0) is 11.2 Å². The van der Waals surface area contributed by atoms with Gasteiger partial charge in [0.05, 0.1) is 0 Å². The van der Waals surface area contributed by atoms with Crippen molar-refractivity contribution in [3.05, 3.63) is 28.8 Å². The summed E-state index contributed by atoms with van der Waals surface area (Å²) >= 11 is 5.95. The molecule has 0 bridgehead atoms. The van der Waals surface area contributed by atoms with Crippen molar-refractivity contribution in [2.75, 3.05) is 20.1 Å². The van der Waals surface area contributed by atoms with E-state index in [-0.39, 0.29) is 23.7 Å². The zero-order chi connectivity index (χ0) is 14.9. The Morgan fingerprint density at radius 3 is 2.81 bits per heavy atom. The molecule has 0 saturated heterocycles. The lowest BCUT2D eigenvalue weighted by Gasteiger charge is -2.30. The van der Waals surface area contributed by atoms with Gasteiger partial charge in [-0.1, -0.05) is 25.4 Å². The molecule has 1 aliphatic heterocycles. The topological polar surface area (TPSA) is 55.6 Å². The summed E-state index contributed by atoms with van der Waals surface area (Å²) in [5.41, 5.74) is 6.60. The molecule has 1 aromatic carbocycles. The van der Waals surface area contributed by atoms with E-state index in [0.29, 0.717) is 24.5 Å². The van der Waals surface area contributed by atoms with Crippen molar-refractivity contribution in [2.24, 2.45) is 11.1 Å². The van der Waals surface area contributed by atoms with E-state index in [4.69, 9.17) is 22.1 Å². The van der Waals surface area contributed by atoms with E-state index in [1.165, 1.54) is 0 Å². The maximum atomic E-state index is 12.4. The average molecular weight is 333 g/mol. The summed E-state index contributed by atoms with van der Waals surface area (Å²) in [6, 6.07) is 5.44. The molecule has 1 unspecified atom stereocenters. The summed E-state index contributed by atoms with van der Waals surface area (Å²) in [4.78, 5) is 14.1. The number of halogens is 2. The smallest absolute Gasteiger partial charge is 0.263 e. The van der Waals surface area contributed by atoms with Gasteiger partial charge in [0.15, 0.2) is 6.10 Å². The molecule has 0 aromatic heterocycles. The molecule has 0 fully saturated rings. The summed E-state index contributed by atoms with van der Waals surface area (Å²) in [5, 5.41) is 0.665. The van der Waals surface area contributed by atoms with Gasteiger partial charge in [0.25, 0.3) is 5.91 Å². The van der Waals surface area contributed by atoms with Crippen LogP contribution in [0.4, 0.5) is 0 Å². The summed E-state index contributed by atoms with van der Waals surface area (Å²) in [6.45, 7) is 5.23. The van der Waals surface area contributed by atoms with Gasteiger partial charge in [-0.3, -0.25) is 4.79 Å². The van der Waals surface area contributed by atoms with Crippen molar-refractivity contribution in [3.63, 3.8) is 0 Å². The molecule has 4 nitrogen and oxygen atoms in total. The van der Waals surface area contributed by atoms with Crippen molar-refractivity contribution in [2.45, 2.75) is 26.4 Å². The number of carbonyl (C=O) groups is 1. The minimum atomic E-state index is -0.456. The average Bonchev–Trinajstić information content (AvgIpc) is 2.80. The van der Waals surface area contributed by atoms with Crippen LogP contribution in [0.15, 0.2) is 18.2 Å². The molecular formula is C15H22Cl2N2O2. The van der Waals surface area contributed by atoms with Gasteiger partial charge in [-0.05, 0) is 35.7 Å². The van der Waals surface area contributed by atoms with Crippen LogP contribution in [0, 0.1) is 5.41 Å². The third-order valence-electron chi connectivity index (χ3n) is 3.57. The fourth-order valence-electron chi connectivity index (χ4n) is 2.39. The number of ether oxygens (including phenoxy) is 1. The Balaban J connectivity index is 0.00000220. The molecule has 1 aliphatic rings. The molecule has 1 heterocycles. The quantitative estimate of drug-likeness (QED) is 0.921. The first-order valence-corrected chi connectivity index (χ1v) is 7.10. The van der Waals surface area contributed by atoms with Crippen LogP contribution in [0.2, 0.25) is 5.02 Å². The first kappa shape index (κ1) is 18.1. The zero-order valence-electron chi connectivity index (χ0n) is 12.6. The highest BCUT2D eigenvalue weighted by atomic mass is 35.5. The van der Waals surface area contributed by atoms with Crippen LogP contribution in [0.25, 0.3) is 0 Å². The van der Waals surface area contributed by atoms with Crippen molar-refractivity contribution in [1.29, 1.82) is 0 Å². The van der Waals surface area contributed by atoms with Crippen LogP contribution in [0.5, 0.6) is 5.75 Å².